The van der Waals surface area contributed by atoms with Crippen LogP contribution in [0.1, 0.15) is 19.3 Å². The first-order valence-electron chi connectivity index (χ1n) is 2.92. The smallest absolute Gasteiger partial charge is 0.0436 e. The SMILES string of the molecule is C=C=CCCCC=NO. The second-order valence-electron chi connectivity index (χ2n) is 1.64. The maximum absolute atomic E-state index is 7.95. The molecule has 0 atom stereocenters. The molecule has 0 rings (SSSR count). The fourth-order valence-electron chi connectivity index (χ4n) is 0.471. The topological polar surface area (TPSA) is 32.6 Å². The van der Waals surface area contributed by atoms with Gasteiger partial charge in [-0.15, -0.1) is 10.9 Å². The van der Waals surface area contributed by atoms with Gasteiger partial charge in [0.25, 0.3) is 0 Å². The minimum atomic E-state index is 0.814. The summed E-state index contributed by atoms with van der Waals surface area (Å²) in [4.78, 5) is 0. The third-order valence-electron chi connectivity index (χ3n) is 0.908. The molecule has 0 bridgehead atoms. The molecule has 0 aromatic heterocycles. The molecular weight excluding hydrogens is 114 g/mol. The zero-order valence-electron chi connectivity index (χ0n) is 5.38. The highest BCUT2D eigenvalue weighted by Crippen LogP contribution is 1.92. The van der Waals surface area contributed by atoms with Crippen molar-refractivity contribution in [2.24, 2.45) is 5.16 Å². The standard InChI is InChI=1S/C7H11NO/c1-2-3-4-5-6-7-8-9/h3,7,9H,1,4-6H2. The number of oxime groups is 1. The van der Waals surface area contributed by atoms with Crippen molar-refractivity contribution in [3.63, 3.8) is 0 Å². The van der Waals surface area contributed by atoms with E-state index in [0.717, 1.165) is 19.3 Å². The van der Waals surface area contributed by atoms with Gasteiger partial charge in [0.05, 0.1) is 0 Å². The second kappa shape index (κ2) is 6.99. The van der Waals surface area contributed by atoms with E-state index in [1.54, 1.807) is 0 Å². The Kier molecular flexibility index (Phi) is 6.21. The average Bonchev–Trinajstić information content (AvgIpc) is 1.89. The molecule has 0 heterocycles. The molecule has 50 valence electrons. The molecule has 0 unspecified atom stereocenters. The Morgan fingerprint density at radius 2 is 2.33 bits per heavy atom. The first-order valence-corrected chi connectivity index (χ1v) is 2.92. The van der Waals surface area contributed by atoms with Crippen LogP contribution in [0, 0.1) is 0 Å². The van der Waals surface area contributed by atoms with Crippen LogP contribution in [0.2, 0.25) is 0 Å². The fourth-order valence-corrected chi connectivity index (χ4v) is 0.471. The lowest BCUT2D eigenvalue weighted by Crippen LogP contribution is -1.73. The van der Waals surface area contributed by atoms with Crippen LogP contribution in [-0.2, 0) is 0 Å². The summed E-state index contributed by atoms with van der Waals surface area (Å²) in [5.74, 6) is 0. The van der Waals surface area contributed by atoms with Crippen molar-refractivity contribution in [3.8, 4) is 0 Å². The van der Waals surface area contributed by atoms with Crippen LogP contribution in [0.25, 0.3) is 0 Å². The van der Waals surface area contributed by atoms with Gasteiger partial charge in [-0.3, -0.25) is 0 Å². The summed E-state index contributed by atoms with van der Waals surface area (Å²) in [6.07, 6.45) is 6.11. The Bertz CT molecular complexity index is 123. The number of unbranched alkanes of at least 4 members (excludes halogenated alkanes) is 2. The molecule has 0 aromatic rings. The van der Waals surface area contributed by atoms with Crippen molar-refractivity contribution in [1.82, 2.24) is 0 Å². The van der Waals surface area contributed by atoms with E-state index >= 15 is 0 Å². The average molecular weight is 125 g/mol. The third-order valence-corrected chi connectivity index (χ3v) is 0.908. The van der Waals surface area contributed by atoms with Crippen molar-refractivity contribution >= 4 is 6.21 Å². The largest absolute Gasteiger partial charge is 0.411 e. The van der Waals surface area contributed by atoms with Crippen molar-refractivity contribution in [1.29, 1.82) is 0 Å². The molecule has 0 radical (unpaired) electrons. The molecule has 0 saturated heterocycles. The van der Waals surface area contributed by atoms with Gasteiger partial charge in [-0.05, 0) is 25.3 Å². The summed E-state index contributed by atoms with van der Waals surface area (Å²) in [5.41, 5.74) is 2.66. The molecule has 0 fully saturated rings. The molecule has 2 heteroatoms. The van der Waals surface area contributed by atoms with Gasteiger partial charge in [-0.1, -0.05) is 6.58 Å². The number of allylic oxidation sites excluding steroid dienone is 1. The van der Waals surface area contributed by atoms with E-state index in [1.165, 1.54) is 6.21 Å². The van der Waals surface area contributed by atoms with E-state index < -0.39 is 0 Å². The third kappa shape index (κ3) is 6.99. The summed E-state index contributed by atoms with van der Waals surface area (Å²) in [5, 5.41) is 10.8. The van der Waals surface area contributed by atoms with Crippen LogP contribution < -0.4 is 0 Å². The minimum absolute atomic E-state index is 0.814. The molecule has 0 saturated carbocycles. The molecule has 0 aliphatic heterocycles. The first-order chi connectivity index (χ1) is 4.41. The summed E-state index contributed by atoms with van der Waals surface area (Å²) in [6.45, 7) is 3.41. The van der Waals surface area contributed by atoms with Crippen molar-refractivity contribution in [2.45, 2.75) is 19.3 Å². The van der Waals surface area contributed by atoms with E-state index in [0.29, 0.717) is 0 Å². The highest BCUT2D eigenvalue weighted by atomic mass is 16.4. The van der Waals surface area contributed by atoms with Gasteiger partial charge in [0.2, 0.25) is 0 Å². The van der Waals surface area contributed by atoms with Crippen molar-refractivity contribution < 1.29 is 5.21 Å². The zero-order chi connectivity index (χ0) is 6.95. The molecule has 9 heavy (non-hydrogen) atoms. The first kappa shape index (κ1) is 7.99. The minimum Gasteiger partial charge on any atom is -0.411 e. The predicted octanol–water partition coefficient (Wildman–Crippen LogP) is 1.96. The highest BCUT2D eigenvalue weighted by molar-refractivity contribution is 5.55. The van der Waals surface area contributed by atoms with Crippen LogP contribution in [0.15, 0.2) is 23.5 Å². The normalized spacial score (nSPS) is 9.33. The van der Waals surface area contributed by atoms with Gasteiger partial charge in [0.15, 0.2) is 0 Å². The Morgan fingerprint density at radius 3 is 2.89 bits per heavy atom. The lowest BCUT2D eigenvalue weighted by atomic mass is 10.2. The predicted molar refractivity (Wildman–Crippen MR) is 37.8 cm³/mol. The van der Waals surface area contributed by atoms with Gasteiger partial charge in [0, 0.05) is 6.21 Å². The zero-order valence-corrected chi connectivity index (χ0v) is 5.38. The van der Waals surface area contributed by atoms with Crippen LogP contribution in [0.5, 0.6) is 0 Å². The Hall–Kier alpha value is -1.01. The van der Waals surface area contributed by atoms with Crippen molar-refractivity contribution in [2.75, 3.05) is 0 Å². The van der Waals surface area contributed by atoms with Gasteiger partial charge >= 0.3 is 0 Å². The molecule has 0 spiro atoms. The summed E-state index contributed by atoms with van der Waals surface area (Å²) < 4.78 is 0. The van der Waals surface area contributed by atoms with Crippen LogP contribution in [0.3, 0.4) is 0 Å². The van der Waals surface area contributed by atoms with E-state index in [1.807, 2.05) is 6.08 Å². The summed E-state index contributed by atoms with van der Waals surface area (Å²) >= 11 is 0. The second-order valence-corrected chi connectivity index (χ2v) is 1.64. The molecule has 2 nitrogen and oxygen atoms in total. The van der Waals surface area contributed by atoms with E-state index in [4.69, 9.17) is 5.21 Å². The van der Waals surface area contributed by atoms with E-state index in [-0.39, 0.29) is 0 Å². The van der Waals surface area contributed by atoms with Gasteiger partial charge < -0.3 is 5.21 Å². The summed E-state index contributed by atoms with van der Waals surface area (Å²) in [7, 11) is 0. The highest BCUT2D eigenvalue weighted by Gasteiger charge is 1.78. The molecule has 0 aliphatic carbocycles. The lowest BCUT2D eigenvalue weighted by molar-refractivity contribution is 0.320. The number of rotatable bonds is 4. The molecule has 0 amide bonds. The Labute approximate surface area is 55.2 Å². The van der Waals surface area contributed by atoms with Crippen LogP contribution in [0.4, 0.5) is 0 Å². The molecule has 1 N–H and O–H groups in total. The molecular formula is C7H11NO. The Balaban J connectivity index is 3.00. The van der Waals surface area contributed by atoms with Crippen LogP contribution >= 0.6 is 0 Å². The maximum atomic E-state index is 7.95. The van der Waals surface area contributed by atoms with Crippen molar-refractivity contribution in [3.05, 3.63) is 18.4 Å². The monoisotopic (exact) mass is 125 g/mol. The maximum Gasteiger partial charge on any atom is 0.0436 e. The fraction of sp³-hybridized carbons (Fsp3) is 0.429. The number of nitrogens with zero attached hydrogens (tertiary/aromatic N) is 1. The van der Waals surface area contributed by atoms with Gasteiger partial charge in [-0.25, -0.2) is 0 Å². The van der Waals surface area contributed by atoms with Crippen LogP contribution in [-0.4, -0.2) is 11.4 Å². The van der Waals surface area contributed by atoms with E-state index in [2.05, 4.69) is 17.5 Å². The molecule has 0 aliphatic rings. The van der Waals surface area contributed by atoms with Gasteiger partial charge in [-0.2, -0.15) is 0 Å². The lowest BCUT2D eigenvalue weighted by Gasteiger charge is -1.84. The Morgan fingerprint density at radius 1 is 1.56 bits per heavy atom. The quantitative estimate of drug-likeness (QED) is 0.201. The van der Waals surface area contributed by atoms with E-state index in [9.17, 15) is 0 Å². The van der Waals surface area contributed by atoms with Gasteiger partial charge in [0.1, 0.15) is 0 Å². The molecule has 0 aromatic carbocycles. The summed E-state index contributed by atoms with van der Waals surface area (Å²) in [6, 6.07) is 0. The number of hydrogen-bond donors (Lipinski definition) is 1. The number of hydrogen-bond acceptors (Lipinski definition) is 2.